The molecule has 19 heavy (non-hydrogen) atoms. The lowest BCUT2D eigenvalue weighted by molar-refractivity contribution is -0.115. The van der Waals surface area contributed by atoms with Crippen molar-refractivity contribution < 1.29 is 4.79 Å². The number of hydrogen-bond donors (Lipinski definition) is 2. The van der Waals surface area contributed by atoms with E-state index >= 15 is 0 Å². The van der Waals surface area contributed by atoms with Crippen LogP contribution >= 0.6 is 0 Å². The summed E-state index contributed by atoms with van der Waals surface area (Å²) in [5.74, 6) is -0.114. The minimum atomic E-state index is -0.114. The molecule has 0 spiro atoms. The second-order valence-corrected chi connectivity index (χ2v) is 5.60. The van der Waals surface area contributed by atoms with Gasteiger partial charge in [0.25, 0.3) is 5.56 Å². The molecule has 5 heteroatoms. The van der Waals surface area contributed by atoms with Crippen LogP contribution in [0.1, 0.15) is 34.1 Å². The summed E-state index contributed by atoms with van der Waals surface area (Å²) >= 11 is 0. The molecule has 1 heterocycles. The molecule has 0 saturated heterocycles. The van der Waals surface area contributed by atoms with Gasteiger partial charge in [0.05, 0.1) is 12.2 Å². The van der Waals surface area contributed by atoms with Gasteiger partial charge >= 0.3 is 0 Å². The SMILES string of the molecule is CCCn1cc(NC(=O)CNC(C)(C)C)ccc1=O. The van der Waals surface area contributed by atoms with E-state index in [2.05, 4.69) is 10.6 Å². The lowest BCUT2D eigenvalue weighted by Gasteiger charge is -2.20. The molecule has 0 unspecified atom stereocenters. The van der Waals surface area contributed by atoms with Crippen molar-refractivity contribution in [2.24, 2.45) is 0 Å². The minimum absolute atomic E-state index is 0.0485. The predicted octanol–water partition coefficient (Wildman–Crippen LogP) is 1.58. The Morgan fingerprint density at radius 2 is 2.00 bits per heavy atom. The van der Waals surface area contributed by atoms with Gasteiger partial charge in [0.1, 0.15) is 0 Å². The normalized spacial score (nSPS) is 11.4. The summed E-state index contributed by atoms with van der Waals surface area (Å²) < 4.78 is 1.60. The molecule has 0 fully saturated rings. The molecule has 0 aliphatic carbocycles. The van der Waals surface area contributed by atoms with Gasteiger partial charge in [0.15, 0.2) is 0 Å². The average molecular weight is 265 g/mol. The Morgan fingerprint density at radius 3 is 2.58 bits per heavy atom. The van der Waals surface area contributed by atoms with Crippen LogP contribution in [-0.4, -0.2) is 22.6 Å². The molecule has 1 aromatic rings. The zero-order valence-electron chi connectivity index (χ0n) is 12.1. The lowest BCUT2D eigenvalue weighted by Crippen LogP contribution is -2.41. The van der Waals surface area contributed by atoms with Crippen LogP contribution in [0.15, 0.2) is 23.1 Å². The number of anilines is 1. The first-order chi connectivity index (χ1) is 8.81. The summed E-state index contributed by atoms with van der Waals surface area (Å²) in [7, 11) is 0. The number of amides is 1. The van der Waals surface area contributed by atoms with Crippen molar-refractivity contribution in [2.45, 2.75) is 46.2 Å². The highest BCUT2D eigenvalue weighted by Crippen LogP contribution is 2.04. The maximum Gasteiger partial charge on any atom is 0.250 e. The number of aryl methyl sites for hydroxylation is 1. The van der Waals surface area contributed by atoms with Crippen LogP contribution in [0.4, 0.5) is 5.69 Å². The zero-order valence-corrected chi connectivity index (χ0v) is 12.1. The smallest absolute Gasteiger partial charge is 0.250 e. The van der Waals surface area contributed by atoms with Crippen molar-refractivity contribution in [3.63, 3.8) is 0 Å². The van der Waals surface area contributed by atoms with Crippen LogP contribution in [0.2, 0.25) is 0 Å². The van der Waals surface area contributed by atoms with Crippen LogP contribution in [0.25, 0.3) is 0 Å². The molecule has 5 nitrogen and oxygen atoms in total. The second-order valence-electron chi connectivity index (χ2n) is 5.60. The van der Waals surface area contributed by atoms with E-state index in [1.54, 1.807) is 16.8 Å². The number of carbonyl (C=O) groups excluding carboxylic acids is 1. The first-order valence-corrected chi connectivity index (χ1v) is 6.57. The van der Waals surface area contributed by atoms with Crippen molar-refractivity contribution in [1.29, 1.82) is 0 Å². The molecule has 1 amide bonds. The van der Waals surface area contributed by atoms with Crippen LogP contribution in [0.3, 0.4) is 0 Å². The van der Waals surface area contributed by atoms with Crippen molar-refractivity contribution in [2.75, 3.05) is 11.9 Å². The Morgan fingerprint density at radius 1 is 1.32 bits per heavy atom. The van der Waals surface area contributed by atoms with E-state index in [9.17, 15) is 9.59 Å². The Labute approximate surface area is 114 Å². The van der Waals surface area contributed by atoms with E-state index in [0.29, 0.717) is 12.2 Å². The highest BCUT2D eigenvalue weighted by atomic mass is 16.2. The van der Waals surface area contributed by atoms with Gasteiger partial charge in [-0.15, -0.1) is 0 Å². The molecule has 0 aliphatic heterocycles. The van der Waals surface area contributed by atoms with E-state index in [1.165, 1.54) is 6.07 Å². The predicted molar refractivity (Wildman–Crippen MR) is 77.4 cm³/mol. The summed E-state index contributed by atoms with van der Waals surface area (Å²) in [6, 6.07) is 3.10. The zero-order chi connectivity index (χ0) is 14.5. The first kappa shape index (κ1) is 15.4. The standard InChI is InChI=1S/C14H23N3O2/c1-5-8-17-10-11(6-7-13(17)19)16-12(18)9-15-14(2,3)4/h6-7,10,15H,5,8-9H2,1-4H3,(H,16,18). The van der Waals surface area contributed by atoms with Gasteiger partial charge in [0.2, 0.25) is 5.91 Å². The van der Waals surface area contributed by atoms with Crippen LogP contribution in [0, 0.1) is 0 Å². The van der Waals surface area contributed by atoms with E-state index in [1.807, 2.05) is 27.7 Å². The molecule has 106 valence electrons. The molecule has 0 saturated carbocycles. The molecule has 0 aromatic carbocycles. The highest BCUT2D eigenvalue weighted by molar-refractivity contribution is 5.92. The van der Waals surface area contributed by atoms with Crippen molar-refractivity contribution >= 4 is 11.6 Å². The van der Waals surface area contributed by atoms with Gasteiger partial charge in [-0.3, -0.25) is 9.59 Å². The van der Waals surface area contributed by atoms with Crippen molar-refractivity contribution in [3.05, 3.63) is 28.7 Å². The number of rotatable bonds is 5. The molecule has 0 aliphatic rings. The van der Waals surface area contributed by atoms with E-state index in [0.717, 1.165) is 6.42 Å². The molecule has 0 atom stereocenters. The summed E-state index contributed by atoms with van der Waals surface area (Å²) in [5.41, 5.74) is 0.500. The lowest BCUT2D eigenvalue weighted by atomic mass is 10.1. The van der Waals surface area contributed by atoms with Crippen molar-refractivity contribution in [3.8, 4) is 0 Å². The largest absolute Gasteiger partial charge is 0.324 e. The quantitative estimate of drug-likeness (QED) is 0.849. The Kier molecular flexibility index (Phi) is 5.30. The first-order valence-electron chi connectivity index (χ1n) is 6.57. The third kappa shape index (κ3) is 5.70. The summed E-state index contributed by atoms with van der Waals surface area (Å²) in [4.78, 5) is 23.3. The molecule has 0 bridgehead atoms. The number of hydrogen-bond acceptors (Lipinski definition) is 3. The highest BCUT2D eigenvalue weighted by Gasteiger charge is 2.11. The van der Waals surface area contributed by atoms with Gasteiger partial charge in [-0.2, -0.15) is 0 Å². The molecular weight excluding hydrogens is 242 g/mol. The summed E-state index contributed by atoms with van der Waals surface area (Å²) in [6.45, 7) is 8.91. The number of pyridine rings is 1. The Hall–Kier alpha value is -1.62. The molecule has 1 aromatic heterocycles. The van der Waals surface area contributed by atoms with Gasteiger partial charge in [0, 0.05) is 24.3 Å². The molecule has 0 radical (unpaired) electrons. The van der Waals surface area contributed by atoms with E-state index < -0.39 is 0 Å². The van der Waals surface area contributed by atoms with Crippen LogP contribution in [0.5, 0.6) is 0 Å². The van der Waals surface area contributed by atoms with E-state index in [4.69, 9.17) is 0 Å². The van der Waals surface area contributed by atoms with Crippen molar-refractivity contribution in [1.82, 2.24) is 9.88 Å². The fraction of sp³-hybridized carbons (Fsp3) is 0.571. The second kappa shape index (κ2) is 6.52. The molecule has 1 rings (SSSR count). The molecule has 2 N–H and O–H groups in total. The van der Waals surface area contributed by atoms with Gasteiger partial charge in [-0.1, -0.05) is 6.92 Å². The summed E-state index contributed by atoms with van der Waals surface area (Å²) in [6.07, 6.45) is 2.56. The topological polar surface area (TPSA) is 63.1 Å². The fourth-order valence-corrected chi connectivity index (χ4v) is 1.57. The van der Waals surface area contributed by atoms with Crippen LogP contribution in [-0.2, 0) is 11.3 Å². The van der Waals surface area contributed by atoms with Crippen LogP contribution < -0.4 is 16.2 Å². The summed E-state index contributed by atoms with van der Waals surface area (Å²) in [5, 5.41) is 5.89. The molecular formula is C14H23N3O2. The van der Waals surface area contributed by atoms with Gasteiger partial charge < -0.3 is 15.2 Å². The third-order valence-electron chi connectivity index (χ3n) is 2.51. The maximum absolute atomic E-state index is 11.8. The van der Waals surface area contributed by atoms with E-state index in [-0.39, 0.29) is 23.6 Å². The average Bonchev–Trinajstić information content (AvgIpc) is 2.30. The Balaban J connectivity index is 2.64. The third-order valence-corrected chi connectivity index (χ3v) is 2.51. The van der Waals surface area contributed by atoms with Gasteiger partial charge in [-0.25, -0.2) is 0 Å². The Bertz CT molecular complexity index is 486. The number of carbonyl (C=O) groups is 1. The fourth-order valence-electron chi connectivity index (χ4n) is 1.57. The minimum Gasteiger partial charge on any atom is -0.324 e. The maximum atomic E-state index is 11.8. The number of nitrogens with zero attached hydrogens (tertiary/aromatic N) is 1. The number of nitrogens with one attached hydrogen (secondary N) is 2. The van der Waals surface area contributed by atoms with Gasteiger partial charge in [-0.05, 0) is 33.3 Å². The number of aromatic nitrogens is 1. The monoisotopic (exact) mass is 265 g/mol.